The number of pyridine rings is 1. The van der Waals surface area contributed by atoms with Crippen molar-refractivity contribution >= 4 is 29.2 Å². The number of nitrogen functional groups attached to an aromatic ring is 1. The molecule has 0 aliphatic heterocycles. The van der Waals surface area contributed by atoms with Crippen LogP contribution >= 0.6 is 11.8 Å². The predicted octanol–water partition coefficient (Wildman–Crippen LogP) is 4.69. The van der Waals surface area contributed by atoms with E-state index in [0.717, 1.165) is 17.0 Å². The molecule has 0 aliphatic rings. The minimum atomic E-state index is -0.306. The topological polar surface area (TPSA) is 76.7 Å². The van der Waals surface area contributed by atoms with Crippen molar-refractivity contribution in [3.63, 3.8) is 0 Å². The fourth-order valence-electron chi connectivity index (χ4n) is 2.11. The van der Waals surface area contributed by atoms with Gasteiger partial charge in [0.25, 0.3) is 0 Å². The minimum absolute atomic E-state index is 0. The van der Waals surface area contributed by atoms with Gasteiger partial charge < -0.3 is 11.1 Å². The highest BCUT2D eigenvalue weighted by atomic mass is 32.2. The average Bonchev–Trinajstić information content (AvgIpc) is 2.58. The maximum absolute atomic E-state index is 14.3. The van der Waals surface area contributed by atoms with Crippen LogP contribution < -0.4 is 11.1 Å². The van der Waals surface area contributed by atoms with Gasteiger partial charge in [-0.25, -0.2) is 9.37 Å². The smallest absolute Gasteiger partial charge is 0.222 e. The lowest BCUT2D eigenvalue weighted by molar-refractivity contribution is 0.602. The monoisotopic (exact) mass is 357 g/mol. The van der Waals surface area contributed by atoms with E-state index in [1.165, 1.54) is 17.8 Å². The summed E-state index contributed by atoms with van der Waals surface area (Å²) >= 11 is 1.35. The largest absolute Gasteiger partial charge is 0.368 e. The van der Waals surface area contributed by atoms with Crippen molar-refractivity contribution in [3.05, 3.63) is 60.3 Å². The molecule has 2 aromatic heterocycles. The molecular weight excluding hydrogens is 337 g/mol. The average molecular weight is 357 g/mol. The van der Waals surface area contributed by atoms with Crippen LogP contribution in [0.5, 0.6) is 0 Å². The zero-order valence-corrected chi connectivity index (χ0v) is 13.8. The van der Waals surface area contributed by atoms with Crippen LogP contribution in [-0.4, -0.2) is 15.0 Å². The second-order valence-corrected chi connectivity index (χ2v) is 6.13. The number of aromatic nitrogens is 3. The fraction of sp³-hybridized carbons (Fsp3) is 0.167. The van der Waals surface area contributed by atoms with E-state index in [9.17, 15) is 4.39 Å². The summed E-state index contributed by atoms with van der Waals surface area (Å²) in [5.41, 5.74) is 7.12. The molecule has 2 heterocycles. The summed E-state index contributed by atoms with van der Waals surface area (Å²) in [5.74, 6) is 0.440. The van der Waals surface area contributed by atoms with E-state index >= 15 is 0 Å². The first-order chi connectivity index (χ1) is 11.6. The van der Waals surface area contributed by atoms with E-state index in [0.29, 0.717) is 16.4 Å². The predicted molar refractivity (Wildman–Crippen MR) is 101 cm³/mol. The van der Waals surface area contributed by atoms with Crippen molar-refractivity contribution in [2.45, 2.75) is 30.6 Å². The number of anilines is 3. The normalized spacial score (nSPS) is 10.2. The molecule has 3 N–H and O–H groups in total. The number of nitrogens with two attached hydrogens (primary N) is 1. The number of nitrogens with one attached hydrogen (secondary N) is 1. The molecule has 3 rings (SSSR count). The van der Waals surface area contributed by atoms with Gasteiger partial charge in [-0.3, -0.25) is 4.98 Å². The third kappa shape index (κ3) is 4.90. The molecule has 0 saturated heterocycles. The van der Waals surface area contributed by atoms with Crippen molar-refractivity contribution in [3.8, 4) is 0 Å². The third-order valence-electron chi connectivity index (χ3n) is 3.24. The van der Waals surface area contributed by atoms with E-state index in [1.54, 1.807) is 30.6 Å². The van der Waals surface area contributed by atoms with Crippen molar-refractivity contribution in [2.24, 2.45) is 0 Å². The first kappa shape index (κ1) is 18.7. The van der Waals surface area contributed by atoms with Crippen LogP contribution in [0.2, 0.25) is 0 Å². The maximum Gasteiger partial charge on any atom is 0.222 e. The van der Waals surface area contributed by atoms with Gasteiger partial charge in [0.05, 0.1) is 0 Å². The first-order valence-electron chi connectivity index (χ1n) is 7.42. The van der Waals surface area contributed by atoms with E-state index in [2.05, 4.69) is 20.3 Å². The Morgan fingerprint density at radius 1 is 1.12 bits per heavy atom. The van der Waals surface area contributed by atoms with Crippen molar-refractivity contribution in [1.29, 1.82) is 0 Å². The van der Waals surface area contributed by atoms with Crippen LogP contribution in [0.25, 0.3) is 0 Å². The molecule has 0 aliphatic carbocycles. The summed E-state index contributed by atoms with van der Waals surface area (Å²) in [7, 11) is 0. The van der Waals surface area contributed by atoms with E-state index in [4.69, 9.17) is 5.73 Å². The zero-order chi connectivity index (χ0) is 16.9. The number of nitrogens with zero attached hydrogens (tertiary/aromatic N) is 3. The lowest BCUT2D eigenvalue weighted by Crippen LogP contribution is -2.03. The van der Waals surface area contributed by atoms with Crippen LogP contribution in [0.4, 0.5) is 21.8 Å². The van der Waals surface area contributed by atoms with Gasteiger partial charge in [-0.1, -0.05) is 26.1 Å². The van der Waals surface area contributed by atoms with Crippen LogP contribution in [-0.2, 0) is 6.42 Å². The highest BCUT2D eigenvalue weighted by Crippen LogP contribution is 2.31. The summed E-state index contributed by atoms with van der Waals surface area (Å²) in [5, 5.41) is 3.06. The van der Waals surface area contributed by atoms with Gasteiger partial charge in [0, 0.05) is 39.6 Å². The fourth-order valence-corrected chi connectivity index (χ4v) is 2.91. The molecule has 0 amide bonds. The van der Waals surface area contributed by atoms with Crippen molar-refractivity contribution < 1.29 is 4.39 Å². The Kier molecular flexibility index (Phi) is 6.30. The Bertz CT molecular complexity index is 842. The molecule has 0 radical (unpaired) electrons. The lowest BCUT2D eigenvalue weighted by atomic mass is 10.3. The number of rotatable bonds is 5. The van der Waals surface area contributed by atoms with E-state index in [1.807, 2.05) is 19.1 Å². The number of halogens is 1. The molecule has 3 aromatic rings. The molecule has 0 fully saturated rings. The summed E-state index contributed by atoms with van der Waals surface area (Å²) in [6.45, 7) is 1.98. The van der Waals surface area contributed by atoms with Crippen molar-refractivity contribution in [1.82, 2.24) is 15.0 Å². The summed E-state index contributed by atoms with van der Waals surface area (Å²) in [6, 6.07) is 10.4. The molecule has 0 saturated carbocycles. The Balaban J connectivity index is 0.00000225. The second-order valence-electron chi connectivity index (χ2n) is 5.01. The van der Waals surface area contributed by atoms with E-state index in [-0.39, 0.29) is 19.2 Å². The molecular formula is C18H20FN5S. The van der Waals surface area contributed by atoms with E-state index < -0.39 is 0 Å². The number of hydrogen-bond acceptors (Lipinski definition) is 6. The highest BCUT2D eigenvalue weighted by Gasteiger charge is 2.07. The summed E-state index contributed by atoms with van der Waals surface area (Å²) in [4.78, 5) is 13.7. The molecule has 25 heavy (non-hydrogen) atoms. The van der Waals surface area contributed by atoms with Gasteiger partial charge in [-0.05, 0) is 36.8 Å². The SMILES string of the molecule is C.CCc1cc(Nc2ccc(Sc3ccncc3)c(F)c2)nc(N)n1. The molecule has 7 heteroatoms. The number of benzene rings is 1. The molecule has 0 atom stereocenters. The molecule has 5 nitrogen and oxygen atoms in total. The quantitative estimate of drug-likeness (QED) is 0.690. The Labute approximate surface area is 150 Å². The van der Waals surface area contributed by atoms with Gasteiger partial charge in [-0.15, -0.1) is 0 Å². The zero-order valence-electron chi connectivity index (χ0n) is 13.0. The minimum Gasteiger partial charge on any atom is -0.368 e. The summed E-state index contributed by atoms with van der Waals surface area (Å²) in [6.07, 6.45) is 4.11. The van der Waals surface area contributed by atoms with Gasteiger partial charge in [-0.2, -0.15) is 4.98 Å². The summed E-state index contributed by atoms with van der Waals surface area (Å²) < 4.78 is 14.3. The maximum atomic E-state index is 14.3. The first-order valence-corrected chi connectivity index (χ1v) is 8.23. The van der Waals surface area contributed by atoms with Crippen LogP contribution in [0.1, 0.15) is 20.0 Å². The van der Waals surface area contributed by atoms with Gasteiger partial charge >= 0.3 is 0 Å². The molecule has 130 valence electrons. The molecule has 0 unspecified atom stereocenters. The Hall–Kier alpha value is -2.67. The highest BCUT2D eigenvalue weighted by molar-refractivity contribution is 7.99. The van der Waals surface area contributed by atoms with Crippen LogP contribution in [0.15, 0.2) is 58.6 Å². The van der Waals surface area contributed by atoms with Crippen LogP contribution in [0, 0.1) is 5.82 Å². The Morgan fingerprint density at radius 3 is 2.56 bits per heavy atom. The van der Waals surface area contributed by atoms with Gasteiger partial charge in [0.1, 0.15) is 11.6 Å². The second kappa shape index (κ2) is 8.43. The lowest BCUT2D eigenvalue weighted by Gasteiger charge is -2.09. The molecule has 1 aromatic carbocycles. The number of hydrogen-bond donors (Lipinski definition) is 2. The van der Waals surface area contributed by atoms with Crippen molar-refractivity contribution in [2.75, 3.05) is 11.1 Å². The number of aryl methyl sites for hydroxylation is 1. The molecule has 0 bridgehead atoms. The standard InChI is InChI=1S/C17H16FN5S.CH4/c1-2-11-10-16(23-17(19)22-11)21-12-3-4-15(14(18)9-12)24-13-5-7-20-8-6-13;/h3-10H,2H2,1H3,(H3,19,21,22,23);1H4. The van der Waals surface area contributed by atoms with Gasteiger partial charge in [0.2, 0.25) is 5.95 Å². The molecule has 0 spiro atoms. The van der Waals surface area contributed by atoms with Crippen LogP contribution in [0.3, 0.4) is 0 Å². The van der Waals surface area contributed by atoms with Gasteiger partial charge in [0.15, 0.2) is 0 Å². The third-order valence-corrected chi connectivity index (χ3v) is 4.30. The Morgan fingerprint density at radius 2 is 1.88 bits per heavy atom.